The predicted molar refractivity (Wildman–Crippen MR) is 109 cm³/mol. The Morgan fingerprint density at radius 1 is 1.00 bits per heavy atom. The molecule has 30 heavy (non-hydrogen) atoms. The number of amides is 5. The minimum atomic E-state index is -0.871. The second-order valence-corrected chi connectivity index (χ2v) is 6.64. The third-order valence-electron chi connectivity index (χ3n) is 4.15. The molecule has 1 atom stereocenters. The summed E-state index contributed by atoms with van der Waals surface area (Å²) < 4.78 is 14.4. The number of quaternary nitrogens is 1. The lowest BCUT2D eigenvalue weighted by Crippen LogP contribution is -2.51. The summed E-state index contributed by atoms with van der Waals surface area (Å²) in [6, 6.07) is -0.871. The zero-order valence-corrected chi connectivity index (χ0v) is 17.4. The molecule has 0 saturated carbocycles. The summed E-state index contributed by atoms with van der Waals surface area (Å²) in [6.45, 7) is -0.889. The number of carbonyl (C=O) groups excluding carboxylic acids is 5. The molecule has 0 rings (SSSR count). The Balaban J connectivity index is 4.74. The van der Waals surface area contributed by atoms with E-state index < -0.39 is 55.9 Å². The Kier molecular flexibility index (Phi) is 11.9. The number of hydrogen-bond acceptors (Lipinski definition) is 6. The van der Waals surface area contributed by atoms with Crippen molar-refractivity contribution in [2.24, 2.45) is 11.5 Å². The maximum atomic E-state index is 12.3. The number of unbranched alkanes of at least 4 members (excludes halogenated alkanes) is 1. The summed E-state index contributed by atoms with van der Waals surface area (Å²) in [7, 11) is 0. The molecule has 12 heteroatoms. The van der Waals surface area contributed by atoms with Crippen LogP contribution in [0.1, 0.15) is 35.8 Å². The van der Waals surface area contributed by atoms with Gasteiger partial charge in [0.15, 0.2) is 0 Å². The van der Waals surface area contributed by atoms with Gasteiger partial charge in [0.1, 0.15) is 6.04 Å². The van der Waals surface area contributed by atoms with Crippen molar-refractivity contribution in [3.63, 3.8) is 0 Å². The van der Waals surface area contributed by atoms with E-state index in [2.05, 4.69) is 16.4 Å². The zero-order chi connectivity index (χ0) is 24.5. The molecule has 0 aliphatic carbocycles. The Hall–Kier alpha value is -2.73. The fourth-order valence-electron chi connectivity index (χ4n) is 2.52. The number of rotatable bonds is 15. The zero-order valence-electron chi connectivity index (χ0n) is 19.4. The molecule has 0 aromatic carbocycles. The number of nitrogens with two attached hydrogens (primary N) is 2. The van der Waals surface area contributed by atoms with Crippen LogP contribution in [-0.2, 0) is 24.0 Å². The van der Waals surface area contributed by atoms with Crippen molar-refractivity contribution in [1.29, 1.82) is 0 Å². The first kappa shape index (κ1) is 23.5. The second-order valence-electron chi connectivity index (χ2n) is 6.64. The topological polar surface area (TPSA) is 196 Å². The standard InChI is InChI=1S/C18H35N7O5/c1-13(26)24(9-7-20)11-16(28)22-8-10-25(14(2)27)12-17(29)23-15(18(21)30)5-3-4-6-19/h15H,3-12,19-20H2,1-2H3,(H2,21,30)(H,22,28)(H,23,29)/p+1/i1T,2T. The highest BCUT2D eigenvalue weighted by Crippen LogP contribution is 2.00. The highest BCUT2D eigenvalue weighted by Gasteiger charge is 2.20. The minimum absolute atomic E-state index is 0.0217. The molecular weight excluding hydrogens is 394 g/mol. The van der Waals surface area contributed by atoms with E-state index in [1.165, 1.54) is 0 Å². The van der Waals surface area contributed by atoms with Crippen LogP contribution in [0.25, 0.3) is 0 Å². The van der Waals surface area contributed by atoms with E-state index in [9.17, 15) is 24.0 Å². The van der Waals surface area contributed by atoms with Crippen LogP contribution in [-0.4, -0.2) is 91.2 Å². The van der Waals surface area contributed by atoms with E-state index in [1.54, 1.807) is 0 Å². The van der Waals surface area contributed by atoms with Gasteiger partial charge in [-0.25, -0.2) is 0 Å². The SMILES string of the molecule is [3H]CC(=O)N(CCN)CC(=O)NCCN(CC(=O)NC(CCCC[NH3+])C(N)=O)C(=O)C[3H]. The van der Waals surface area contributed by atoms with Gasteiger partial charge in [-0.05, 0) is 19.3 Å². The summed E-state index contributed by atoms with van der Waals surface area (Å²) >= 11 is 0. The van der Waals surface area contributed by atoms with E-state index in [0.717, 1.165) is 16.2 Å². The fourth-order valence-corrected chi connectivity index (χ4v) is 2.52. The molecule has 172 valence electrons. The molecule has 0 bridgehead atoms. The summed E-state index contributed by atoms with van der Waals surface area (Å²) in [5.74, 6) is -2.96. The molecule has 0 aromatic rings. The first-order valence-electron chi connectivity index (χ1n) is 11.1. The number of carbonyl (C=O) groups is 5. The molecular formula is C18H36N7O5+. The first-order valence-corrected chi connectivity index (χ1v) is 9.68. The third-order valence-corrected chi connectivity index (χ3v) is 4.15. The van der Waals surface area contributed by atoms with Crippen LogP contribution in [0.3, 0.4) is 0 Å². The van der Waals surface area contributed by atoms with Crippen molar-refractivity contribution >= 4 is 29.5 Å². The smallest absolute Gasteiger partial charge is 0.240 e. The molecule has 0 aliphatic rings. The van der Waals surface area contributed by atoms with Crippen molar-refractivity contribution < 1.29 is 32.4 Å². The molecule has 0 aromatic heterocycles. The maximum absolute atomic E-state index is 12.3. The van der Waals surface area contributed by atoms with E-state index >= 15 is 0 Å². The van der Waals surface area contributed by atoms with Gasteiger partial charge in [0.2, 0.25) is 29.5 Å². The molecule has 5 amide bonds. The Morgan fingerprint density at radius 3 is 2.13 bits per heavy atom. The molecule has 12 nitrogen and oxygen atoms in total. The molecule has 0 heterocycles. The highest BCUT2D eigenvalue weighted by atomic mass is 16.2. The summed E-state index contributed by atoms with van der Waals surface area (Å²) in [6.07, 6.45) is 1.79. The predicted octanol–water partition coefficient (Wildman–Crippen LogP) is -3.86. The quantitative estimate of drug-likeness (QED) is 0.163. The van der Waals surface area contributed by atoms with Crippen LogP contribution in [0.4, 0.5) is 0 Å². The van der Waals surface area contributed by atoms with Crippen LogP contribution in [0, 0.1) is 0 Å². The van der Waals surface area contributed by atoms with Crippen LogP contribution in [0.5, 0.6) is 0 Å². The van der Waals surface area contributed by atoms with E-state index in [0.29, 0.717) is 19.4 Å². The number of nitrogens with one attached hydrogen (secondary N) is 2. The summed E-state index contributed by atoms with van der Waals surface area (Å²) in [5.41, 5.74) is 14.4. The molecule has 9 N–H and O–H groups in total. The number of nitrogens with zero attached hydrogens (tertiary/aromatic N) is 2. The van der Waals surface area contributed by atoms with Gasteiger partial charge in [-0.1, -0.05) is 0 Å². The van der Waals surface area contributed by atoms with Gasteiger partial charge < -0.3 is 37.6 Å². The lowest BCUT2D eigenvalue weighted by Gasteiger charge is -2.23. The second kappa shape index (κ2) is 15.2. The number of hydrogen-bond donors (Lipinski definition) is 5. The lowest BCUT2D eigenvalue weighted by molar-refractivity contribution is -0.368. The van der Waals surface area contributed by atoms with Crippen molar-refractivity contribution in [2.75, 3.05) is 45.8 Å². The molecule has 0 radical (unpaired) electrons. The van der Waals surface area contributed by atoms with Crippen molar-refractivity contribution in [1.82, 2.24) is 20.4 Å². The lowest BCUT2D eigenvalue weighted by atomic mass is 10.1. The summed E-state index contributed by atoms with van der Waals surface area (Å²) in [5, 5.41) is 5.02. The monoisotopic (exact) mass is 434 g/mol. The molecule has 1 unspecified atom stereocenters. The van der Waals surface area contributed by atoms with Crippen LogP contribution < -0.4 is 27.8 Å². The van der Waals surface area contributed by atoms with Gasteiger partial charge in [-0.3, -0.25) is 24.0 Å². The first-order chi connectivity index (χ1) is 15.2. The van der Waals surface area contributed by atoms with Gasteiger partial charge >= 0.3 is 0 Å². The van der Waals surface area contributed by atoms with Crippen LogP contribution in [0.2, 0.25) is 0 Å². The molecule has 0 fully saturated rings. The highest BCUT2D eigenvalue weighted by molar-refractivity contribution is 5.89. The Labute approximate surface area is 179 Å². The van der Waals surface area contributed by atoms with Crippen molar-refractivity contribution in [2.45, 2.75) is 39.1 Å². The van der Waals surface area contributed by atoms with Gasteiger partial charge in [0.05, 0.1) is 19.6 Å². The van der Waals surface area contributed by atoms with Crippen LogP contribution >= 0.6 is 0 Å². The van der Waals surface area contributed by atoms with Gasteiger partial charge in [0, 0.05) is 42.7 Å². The Bertz CT molecular complexity index is 639. The Morgan fingerprint density at radius 2 is 1.60 bits per heavy atom. The normalized spacial score (nSPS) is 12.2. The maximum Gasteiger partial charge on any atom is 0.240 e. The number of primary amides is 1. The van der Waals surface area contributed by atoms with Crippen LogP contribution in [0.15, 0.2) is 0 Å². The van der Waals surface area contributed by atoms with Gasteiger partial charge in [0.25, 0.3) is 0 Å². The third kappa shape index (κ3) is 12.0. The van der Waals surface area contributed by atoms with E-state index in [1.807, 2.05) is 0 Å². The van der Waals surface area contributed by atoms with Gasteiger partial charge in [-0.2, -0.15) is 0 Å². The van der Waals surface area contributed by atoms with Crippen molar-refractivity contribution in [3.05, 3.63) is 0 Å². The van der Waals surface area contributed by atoms with E-state index in [-0.39, 0.29) is 32.7 Å². The fraction of sp³-hybridized carbons (Fsp3) is 0.722. The average Bonchev–Trinajstić information content (AvgIpc) is 2.76. The average molecular weight is 435 g/mol. The minimum Gasteiger partial charge on any atom is -0.368 e. The largest absolute Gasteiger partial charge is 0.368 e. The summed E-state index contributed by atoms with van der Waals surface area (Å²) in [4.78, 5) is 61.8. The molecule has 0 saturated heterocycles. The molecule has 0 aliphatic heterocycles. The molecule has 0 spiro atoms. The van der Waals surface area contributed by atoms with Crippen molar-refractivity contribution in [3.8, 4) is 0 Å². The van der Waals surface area contributed by atoms with Gasteiger partial charge in [-0.15, -0.1) is 0 Å². The van der Waals surface area contributed by atoms with E-state index in [4.69, 9.17) is 14.2 Å².